The minimum Gasteiger partial charge on any atom is -0.481 e. The van der Waals surface area contributed by atoms with E-state index >= 15 is 0 Å². The molecule has 2 rings (SSSR count). The van der Waals surface area contributed by atoms with E-state index in [-0.39, 0.29) is 6.42 Å². The minimum absolute atomic E-state index is 0.122. The molecule has 138 valence electrons. The zero-order valence-corrected chi connectivity index (χ0v) is 15.4. The van der Waals surface area contributed by atoms with Gasteiger partial charge in [-0.2, -0.15) is 0 Å². The second-order valence-corrected chi connectivity index (χ2v) is 7.28. The normalized spacial score (nSPS) is 12.3. The van der Waals surface area contributed by atoms with Gasteiger partial charge in [0.1, 0.15) is 0 Å². The van der Waals surface area contributed by atoms with Gasteiger partial charge in [-0.05, 0) is 11.6 Å². The van der Waals surface area contributed by atoms with Gasteiger partial charge >= 0.3 is 12.0 Å². The average Bonchev–Trinajstić information content (AvgIpc) is 2.53. The zero-order valence-electron chi connectivity index (χ0n) is 15.4. The Kier molecular flexibility index (Phi) is 6.36. The van der Waals surface area contributed by atoms with Crippen LogP contribution in [0, 0.1) is 0 Å². The first-order valence-electron chi connectivity index (χ1n) is 8.49. The highest BCUT2D eigenvalue weighted by atomic mass is 16.4. The van der Waals surface area contributed by atoms with Gasteiger partial charge in [-0.15, -0.1) is 0 Å². The lowest BCUT2D eigenvalue weighted by Gasteiger charge is -2.29. The fourth-order valence-corrected chi connectivity index (χ4v) is 2.84. The molecule has 3 N–H and O–H groups in total. The predicted molar refractivity (Wildman–Crippen MR) is 103 cm³/mol. The van der Waals surface area contributed by atoms with Crippen LogP contribution in [0.4, 0.5) is 10.5 Å². The first-order chi connectivity index (χ1) is 12.2. The number of aliphatic carboxylic acids is 1. The van der Waals surface area contributed by atoms with E-state index < -0.39 is 18.0 Å². The van der Waals surface area contributed by atoms with Crippen molar-refractivity contribution in [3.63, 3.8) is 0 Å². The molecule has 6 heteroatoms. The molecule has 0 aromatic heterocycles. The second-order valence-electron chi connectivity index (χ2n) is 7.28. The van der Waals surface area contributed by atoms with Crippen LogP contribution in [-0.4, -0.2) is 55.3 Å². The van der Waals surface area contributed by atoms with Crippen LogP contribution in [0.1, 0.15) is 6.42 Å². The fourth-order valence-electron chi connectivity index (χ4n) is 2.84. The van der Waals surface area contributed by atoms with Gasteiger partial charge in [-0.25, -0.2) is 4.79 Å². The van der Waals surface area contributed by atoms with Crippen LogP contribution in [0.5, 0.6) is 0 Å². The van der Waals surface area contributed by atoms with E-state index in [1.165, 1.54) is 0 Å². The number of anilines is 1. The SMILES string of the molecule is C[N+](C)(C)C[C@H](CC(=O)O)NC(=O)Nc1ccccc1-c1ccccc1. The minimum atomic E-state index is -0.937. The van der Waals surface area contributed by atoms with E-state index in [0.29, 0.717) is 16.7 Å². The molecule has 0 fully saturated rings. The van der Waals surface area contributed by atoms with Gasteiger partial charge in [0.15, 0.2) is 0 Å². The maximum Gasteiger partial charge on any atom is 0.319 e. The Morgan fingerprint density at radius 1 is 1.00 bits per heavy atom. The van der Waals surface area contributed by atoms with Crippen LogP contribution in [0.15, 0.2) is 54.6 Å². The van der Waals surface area contributed by atoms with Crippen molar-refractivity contribution >= 4 is 17.7 Å². The molecule has 0 saturated heterocycles. The molecule has 2 amide bonds. The van der Waals surface area contributed by atoms with Crippen molar-refractivity contribution in [2.24, 2.45) is 0 Å². The summed E-state index contributed by atoms with van der Waals surface area (Å²) < 4.78 is 0.554. The van der Waals surface area contributed by atoms with Crippen molar-refractivity contribution in [3.05, 3.63) is 54.6 Å². The summed E-state index contributed by atoms with van der Waals surface area (Å²) in [6.07, 6.45) is -0.122. The lowest BCUT2D eigenvalue weighted by Crippen LogP contribution is -2.50. The Morgan fingerprint density at radius 2 is 1.62 bits per heavy atom. The summed E-state index contributed by atoms with van der Waals surface area (Å²) >= 11 is 0. The van der Waals surface area contributed by atoms with Crippen molar-refractivity contribution in [2.75, 3.05) is 33.0 Å². The molecule has 2 aromatic rings. The van der Waals surface area contributed by atoms with Gasteiger partial charge < -0.3 is 20.2 Å². The van der Waals surface area contributed by atoms with E-state index in [4.69, 9.17) is 5.11 Å². The van der Waals surface area contributed by atoms with Crippen molar-refractivity contribution in [1.82, 2.24) is 5.32 Å². The number of carboxylic acid groups (broad SMARTS) is 1. The van der Waals surface area contributed by atoms with Gasteiger partial charge in [0.05, 0.1) is 45.8 Å². The van der Waals surface area contributed by atoms with Crippen LogP contribution in [-0.2, 0) is 4.79 Å². The topological polar surface area (TPSA) is 78.4 Å². The maximum atomic E-state index is 12.5. The Morgan fingerprint density at radius 3 is 2.23 bits per heavy atom. The molecule has 0 heterocycles. The summed E-state index contributed by atoms with van der Waals surface area (Å²) in [6, 6.07) is 16.4. The summed E-state index contributed by atoms with van der Waals surface area (Å²) in [4.78, 5) is 23.5. The molecule has 0 bridgehead atoms. The first kappa shape index (κ1) is 19.5. The van der Waals surface area contributed by atoms with Crippen LogP contribution in [0.2, 0.25) is 0 Å². The van der Waals surface area contributed by atoms with Crippen molar-refractivity contribution in [3.8, 4) is 11.1 Å². The fraction of sp³-hybridized carbons (Fsp3) is 0.300. The van der Waals surface area contributed by atoms with Gasteiger partial charge in [0.25, 0.3) is 0 Å². The highest BCUT2D eigenvalue weighted by molar-refractivity contribution is 5.94. The van der Waals surface area contributed by atoms with E-state index in [2.05, 4.69) is 10.6 Å². The summed E-state index contributed by atoms with van der Waals surface area (Å²) in [5.41, 5.74) is 2.58. The molecule has 26 heavy (non-hydrogen) atoms. The molecule has 0 aliphatic heterocycles. The quantitative estimate of drug-likeness (QED) is 0.667. The Balaban J connectivity index is 2.13. The molecule has 0 spiro atoms. The number of likely N-dealkylation sites (N-methyl/N-ethyl adjacent to an activating group) is 1. The lowest BCUT2D eigenvalue weighted by atomic mass is 10.0. The molecule has 0 unspecified atom stereocenters. The monoisotopic (exact) mass is 356 g/mol. The average molecular weight is 356 g/mol. The smallest absolute Gasteiger partial charge is 0.319 e. The molecule has 6 nitrogen and oxygen atoms in total. The maximum absolute atomic E-state index is 12.5. The number of carbonyl (C=O) groups is 2. The van der Waals surface area contributed by atoms with Gasteiger partial charge in [-0.1, -0.05) is 48.5 Å². The molecular weight excluding hydrogens is 330 g/mol. The van der Waals surface area contributed by atoms with Crippen LogP contribution >= 0.6 is 0 Å². The van der Waals surface area contributed by atoms with Crippen LogP contribution in [0.25, 0.3) is 11.1 Å². The molecule has 0 aliphatic rings. The first-order valence-corrected chi connectivity index (χ1v) is 8.49. The molecule has 0 radical (unpaired) electrons. The summed E-state index contributed by atoms with van der Waals surface area (Å²) in [6.45, 7) is 0.514. The number of hydrogen-bond acceptors (Lipinski definition) is 2. The van der Waals surface area contributed by atoms with Gasteiger partial charge in [0.2, 0.25) is 0 Å². The lowest BCUT2D eigenvalue weighted by molar-refractivity contribution is -0.871. The Hall–Kier alpha value is -2.86. The van der Waals surface area contributed by atoms with Gasteiger partial charge in [-0.3, -0.25) is 4.79 Å². The molecule has 0 aliphatic carbocycles. The molecule has 0 saturated carbocycles. The van der Waals surface area contributed by atoms with Gasteiger partial charge in [0, 0.05) is 5.56 Å². The Labute approximate surface area is 154 Å². The molecule has 1 atom stereocenters. The third-order valence-electron chi connectivity index (χ3n) is 3.78. The van der Waals surface area contributed by atoms with Crippen LogP contribution in [0.3, 0.4) is 0 Å². The van der Waals surface area contributed by atoms with Crippen molar-refractivity contribution in [2.45, 2.75) is 12.5 Å². The van der Waals surface area contributed by atoms with Crippen molar-refractivity contribution in [1.29, 1.82) is 0 Å². The summed E-state index contributed by atoms with van der Waals surface area (Å²) in [5.74, 6) is -0.937. The van der Waals surface area contributed by atoms with E-state index in [0.717, 1.165) is 11.1 Å². The number of carboxylic acids is 1. The van der Waals surface area contributed by atoms with Crippen molar-refractivity contribution < 1.29 is 19.2 Å². The van der Waals surface area contributed by atoms with E-state index in [1.807, 2.05) is 75.7 Å². The number of para-hydroxylation sites is 1. The highest BCUT2D eigenvalue weighted by Crippen LogP contribution is 2.27. The summed E-state index contributed by atoms with van der Waals surface area (Å²) in [7, 11) is 5.87. The van der Waals surface area contributed by atoms with Crippen LogP contribution < -0.4 is 10.6 Å². The van der Waals surface area contributed by atoms with E-state index in [1.54, 1.807) is 0 Å². The number of nitrogens with zero attached hydrogens (tertiary/aromatic N) is 1. The number of rotatable bonds is 7. The molecule has 2 aromatic carbocycles. The number of carbonyl (C=O) groups excluding carboxylic acids is 1. The number of amides is 2. The standard InChI is InChI=1S/C20H25N3O3/c1-23(2,3)14-16(13-19(24)25)21-20(26)22-18-12-8-7-11-17(18)15-9-5-4-6-10-15/h4-12,16H,13-14H2,1-3H3,(H2-,21,22,24,25,26)/p+1/t16-/m0/s1. The Bertz CT molecular complexity index is 754. The zero-order chi connectivity index (χ0) is 19.2. The number of quaternary nitrogens is 1. The third kappa shape index (κ3) is 6.22. The van der Waals surface area contributed by atoms with E-state index in [9.17, 15) is 9.59 Å². The predicted octanol–water partition coefficient (Wildman–Crippen LogP) is 3.02. The number of urea groups is 1. The molecular formula is C20H26N3O3+. The summed E-state index contributed by atoms with van der Waals surface area (Å²) in [5, 5.41) is 14.7. The number of hydrogen-bond donors (Lipinski definition) is 3. The number of benzene rings is 2. The largest absolute Gasteiger partial charge is 0.481 e. The highest BCUT2D eigenvalue weighted by Gasteiger charge is 2.23. The third-order valence-corrected chi connectivity index (χ3v) is 3.78. The second kappa shape index (κ2) is 8.49. The number of nitrogens with one attached hydrogen (secondary N) is 2.